The van der Waals surface area contributed by atoms with Gasteiger partial charge in [0.15, 0.2) is 0 Å². The fraction of sp³-hybridized carbons (Fsp3) is 0.412. The second-order valence-corrected chi connectivity index (χ2v) is 5.32. The molecule has 2 aromatic rings. The summed E-state index contributed by atoms with van der Waals surface area (Å²) in [5.74, 6) is 1.20. The molecule has 0 saturated carbocycles. The number of furan rings is 1. The highest BCUT2D eigenvalue weighted by Crippen LogP contribution is 2.12. The first-order chi connectivity index (χ1) is 9.75. The summed E-state index contributed by atoms with van der Waals surface area (Å²) in [5, 5.41) is 13.2. The smallest absolute Gasteiger partial charge is 0.133 e. The summed E-state index contributed by atoms with van der Waals surface area (Å²) in [6, 6.07) is 14.1. The van der Waals surface area contributed by atoms with E-state index in [-0.39, 0.29) is 0 Å². The Bertz CT molecular complexity index is 467. The van der Waals surface area contributed by atoms with Crippen molar-refractivity contribution in [1.29, 1.82) is 0 Å². The Morgan fingerprint density at radius 3 is 2.60 bits per heavy atom. The molecule has 0 aliphatic rings. The van der Waals surface area contributed by atoms with Crippen molar-refractivity contribution in [2.75, 3.05) is 13.1 Å². The summed E-state index contributed by atoms with van der Waals surface area (Å²) in [4.78, 5) is 0. The second kappa shape index (κ2) is 7.88. The van der Waals surface area contributed by atoms with E-state index in [0.29, 0.717) is 18.2 Å². The SMILES string of the molecule is C[C@@H](CCc1ccccc1)CNC[C@@H](O)c1ccco1. The quantitative estimate of drug-likeness (QED) is 0.776. The molecule has 0 unspecified atom stereocenters. The maximum atomic E-state index is 9.87. The predicted octanol–water partition coefficient (Wildman–Crippen LogP) is 3.17. The van der Waals surface area contributed by atoms with Crippen LogP contribution in [-0.2, 0) is 6.42 Å². The fourth-order valence-electron chi connectivity index (χ4n) is 2.21. The van der Waals surface area contributed by atoms with E-state index < -0.39 is 6.10 Å². The van der Waals surface area contributed by atoms with Crippen LogP contribution in [0.15, 0.2) is 53.1 Å². The molecule has 0 aliphatic carbocycles. The summed E-state index contributed by atoms with van der Waals surface area (Å²) in [6.45, 7) is 3.67. The standard InChI is InChI=1S/C17H23NO2/c1-14(9-10-15-6-3-2-4-7-15)12-18-13-16(19)17-8-5-11-20-17/h2-8,11,14,16,18-19H,9-10,12-13H2,1H3/t14-,16+/m0/s1. The predicted molar refractivity (Wildman–Crippen MR) is 80.5 cm³/mol. The third-order valence-corrected chi connectivity index (χ3v) is 3.47. The molecule has 1 aromatic heterocycles. The van der Waals surface area contributed by atoms with Crippen molar-refractivity contribution in [2.24, 2.45) is 5.92 Å². The molecule has 1 aromatic carbocycles. The Labute approximate surface area is 120 Å². The van der Waals surface area contributed by atoms with E-state index in [0.717, 1.165) is 19.4 Å². The number of benzene rings is 1. The zero-order chi connectivity index (χ0) is 14.2. The van der Waals surface area contributed by atoms with Crippen molar-refractivity contribution in [3.05, 3.63) is 60.1 Å². The first-order valence-electron chi connectivity index (χ1n) is 7.22. The molecule has 108 valence electrons. The number of hydrogen-bond acceptors (Lipinski definition) is 3. The lowest BCUT2D eigenvalue weighted by molar-refractivity contribution is 0.146. The zero-order valence-corrected chi connectivity index (χ0v) is 12.0. The van der Waals surface area contributed by atoms with Crippen LogP contribution >= 0.6 is 0 Å². The number of hydrogen-bond donors (Lipinski definition) is 2. The molecule has 2 atom stereocenters. The van der Waals surface area contributed by atoms with Gasteiger partial charge in [-0.25, -0.2) is 0 Å². The minimum Gasteiger partial charge on any atom is -0.467 e. The number of aryl methyl sites for hydroxylation is 1. The Morgan fingerprint density at radius 2 is 1.90 bits per heavy atom. The molecule has 0 spiro atoms. The largest absolute Gasteiger partial charge is 0.467 e. The molecule has 3 heteroatoms. The molecule has 0 aliphatic heterocycles. The van der Waals surface area contributed by atoms with Crippen molar-refractivity contribution in [2.45, 2.75) is 25.9 Å². The molecule has 1 heterocycles. The van der Waals surface area contributed by atoms with Crippen LogP contribution in [0, 0.1) is 5.92 Å². The van der Waals surface area contributed by atoms with E-state index in [4.69, 9.17) is 4.42 Å². The van der Waals surface area contributed by atoms with Gasteiger partial charge in [0.25, 0.3) is 0 Å². The van der Waals surface area contributed by atoms with E-state index in [1.807, 2.05) is 6.07 Å². The van der Waals surface area contributed by atoms with Gasteiger partial charge >= 0.3 is 0 Å². The topological polar surface area (TPSA) is 45.4 Å². The van der Waals surface area contributed by atoms with Gasteiger partial charge in [-0.05, 0) is 43.0 Å². The van der Waals surface area contributed by atoms with Crippen LogP contribution < -0.4 is 5.32 Å². The number of aliphatic hydroxyl groups excluding tert-OH is 1. The number of rotatable bonds is 8. The van der Waals surface area contributed by atoms with Crippen molar-refractivity contribution in [1.82, 2.24) is 5.32 Å². The van der Waals surface area contributed by atoms with Gasteiger partial charge in [0.05, 0.1) is 6.26 Å². The van der Waals surface area contributed by atoms with Crippen LogP contribution in [-0.4, -0.2) is 18.2 Å². The molecular weight excluding hydrogens is 250 g/mol. The van der Waals surface area contributed by atoms with Crippen molar-refractivity contribution in [3.63, 3.8) is 0 Å². The van der Waals surface area contributed by atoms with Gasteiger partial charge in [0.2, 0.25) is 0 Å². The average molecular weight is 273 g/mol. The van der Waals surface area contributed by atoms with Crippen LogP contribution in [0.1, 0.15) is 30.8 Å². The van der Waals surface area contributed by atoms with Gasteiger partial charge in [0.1, 0.15) is 11.9 Å². The highest BCUT2D eigenvalue weighted by atomic mass is 16.4. The van der Waals surface area contributed by atoms with E-state index in [2.05, 4.69) is 36.5 Å². The third kappa shape index (κ3) is 4.83. The number of nitrogens with one attached hydrogen (secondary N) is 1. The fourth-order valence-corrected chi connectivity index (χ4v) is 2.21. The van der Waals surface area contributed by atoms with Crippen LogP contribution in [0.25, 0.3) is 0 Å². The van der Waals surface area contributed by atoms with Crippen molar-refractivity contribution < 1.29 is 9.52 Å². The first kappa shape index (κ1) is 14.8. The van der Waals surface area contributed by atoms with E-state index >= 15 is 0 Å². The lowest BCUT2D eigenvalue weighted by Gasteiger charge is -2.14. The molecule has 0 bridgehead atoms. The maximum Gasteiger partial charge on any atom is 0.133 e. The average Bonchev–Trinajstić information content (AvgIpc) is 3.00. The van der Waals surface area contributed by atoms with Gasteiger partial charge in [-0.1, -0.05) is 37.3 Å². The minimum atomic E-state index is -0.564. The molecule has 0 fully saturated rings. The lowest BCUT2D eigenvalue weighted by atomic mass is 10.0. The first-order valence-corrected chi connectivity index (χ1v) is 7.22. The Hall–Kier alpha value is -1.58. The molecule has 3 nitrogen and oxygen atoms in total. The summed E-state index contributed by atoms with van der Waals surface area (Å²) in [5.41, 5.74) is 1.38. The van der Waals surface area contributed by atoms with Gasteiger partial charge in [-0.2, -0.15) is 0 Å². The van der Waals surface area contributed by atoms with Crippen LogP contribution in [0.3, 0.4) is 0 Å². The zero-order valence-electron chi connectivity index (χ0n) is 12.0. The number of aliphatic hydroxyl groups is 1. The highest BCUT2D eigenvalue weighted by Gasteiger charge is 2.10. The van der Waals surface area contributed by atoms with Gasteiger partial charge in [-0.15, -0.1) is 0 Å². The monoisotopic (exact) mass is 273 g/mol. The van der Waals surface area contributed by atoms with Crippen LogP contribution in [0.2, 0.25) is 0 Å². The third-order valence-electron chi connectivity index (χ3n) is 3.47. The minimum absolute atomic E-state index is 0.531. The Kier molecular flexibility index (Phi) is 5.84. The van der Waals surface area contributed by atoms with Gasteiger partial charge < -0.3 is 14.8 Å². The van der Waals surface area contributed by atoms with Crippen LogP contribution in [0.4, 0.5) is 0 Å². The molecule has 20 heavy (non-hydrogen) atoms. The van der Waals surface area contributed by atoms with Crippen molar-refractivity contribution in [3.8, 4) is 0 Å². The van der Waals surface area contributed by atoms with E-state index in [9.17, 15) is 5.11 Å². The molecule has 2 rings (SSSR count). The lowest BCUT2D eigenvalue weighted by Crippen LogP contribution is -2.26. The second-order valence-electron chi connectivity index (χ2n) is 5.32. The Balaban J connectivity index is 1.62. The molecule has 0 radical (unpaired) electrons. The summed E-state index contributed by atoms with van der Waals surface area (Å²) in [6.07, 6.45) is 3.27. The molecule has 0 amide bonds. The molecule has 2 N–H and O–H groups in total. The van der Waals surface area contributed by atoms with Crippen LogP contribution in [0.5, 0.6) is 0 Å². The maximum absolute atomic E-state index is 9.87. The Morgan fingerprint density at radius 1 is 1.10 bits per heavy atom. The summed E-state index contributed by atoms with van der Waals surface area (Å²) in [7, 11) is 0. The highest BCUT2D eigenvalue weighted by molar-refractivity contribution is 5.14. The van der Waals surface area contributed by atoms with Crippen molar-refractivity contribution >= 4 is 0 Å². The van der Waals surface area contributed by atoms with Gasteiger partial charge in [0, 0.05) is 6.54 Å². The van der Waals surface area contributed by atoms with E-state index in [1.165, 1.54) is 5.56 Å². The van der Waals surface area contributed by atoms with Gasteiger partial charge in [-0.3, -0.25) is 0 Å². The normalized spacial score (nSPS) is 14.1. The molecular formula is C17H23NO2. The summed E-state index contributed by atoms with van der Waals surface area (Å²) < 4.78 is 5.17. The summed E-state index contributed by atoms with van der Waals surface area (Å²) >= 11 is 0. The molecule has 0 saturated heterocycles. The van der Waals surface area contributed by atoms with E-state index in [1.54, 1.807) is 18.4 Å².